The van der Waals surface area contributed by atoms with Gasteiger partial charge in [0.15, 0.2) is 0 Å². The number of amides is 2. The van der Waals surface area contributed by atoms with E-state index in [1.807, 2.05) is 52.0 Å². The minimum atomic E-state index is -0.696. The molecule has 10 heteroatoms. The van der Waals surface area contributed by atoms with Crippen LogP contribution in [0.1, 0.15) is 54.8 Å². The Labute approximate surface area is 231 Å². The Morgan fingerprint density at radius 3 is 2.62 bits per heavy atom. The molecule has 208 valence electrons. The molecule has 7 nitrogen and oxygen atoms in total. The number of hydrogen-bond acceptors (Lipinski definition) is 5. The number of carbonyl (C=O) groups excluding carboxylic acids is 2. The van der Waals surface area contributed by atoms with Crippen LogP contribution in [-0.2, 0) is 19.7 Å². The summed E-state index contributed by atoms with van der Waals surface area (Å²) in [5, 5.41) is 7.21. The van der Waals surface area contributed by atoms with Gasteiger partial charge in [0.25, 0.3) is 0 Å². The molecular formula is C29H34F2N4O3S. The number of carbonyl (C=O) groups is 2. The van der Waals surface area contributed by atoms with Crippen molar-refractivity contribution in [1.29, 1.82) is 0 Å². The number of methoxy groups -OCH3 is 1. The zero-order valence-corrected chi connectivity index (χ0v) is 23.7. The molecule has 2 amide bonds. The molecule has 0 saturated heterocycles. The Balaban J connectivity index is 1.94. The smallest absolute Gasteiger partial charge is 0.240 e. The Hall–Kier alpha value is -3.24. The molecule has 39 heavy (non-hydrogen) atoms. The van der Waals surface area contributed by atoms with Crippen LogP contribution < -0.4 is 10.2 Å². The van der Waals surface area contributed by atoms with Gasteiger partial charge in [-0.3, -0.25) is 14.5 Å². The summed E-state index contributed by atoms with van der Waals surface area (Å²) in [5.74, 6) is -1.57. The summed E-state index contributed by atoms with van der Waals surface area (Å²) in [6, 6.07) is 11.1. The normalized spacial score (nSPS) is 15.7. The number of aromatic nitrogens is 2. The van der Waals surface area contributed by atoms with Crippen LogP contribution in [0.2, 0.25) is 0 Å². The Morgan fingerprint density at radius 2 is 1.95 bits per heavy atom. The van der Waals surface area contributed by atoms with E-state index in [-0.39, 0.29) is 29.7 Å². The number of rotatable bonds is 8. The summed E-state index contributed by atoms with van der Waals surface area (Å²) in [7, 11) is 1.59. The second-order valence-corrected chi connectivity index (χ2v) is 11.7. The second kappa shape index (κ2) is 11.9. The maximum atomic E-state index is 15.2. The van der Waals surface area contributed by atoms with Gasteiger partial charge in [0, 0.05) is 42.9 Å². The lowest BCUT2D eigenvalue weighted by molar-refractivity contribution is -0.122. The average molecular weight is 557 g/mol. The first kappa shape index (κ1) is 28.8. The molecule has 0 fully saturated rings. The van der Waals surface area contributed by atoms with Gasteiger partial charge in [0.2, 0.25) is 11.8 Å². The molecule has 2 aromatic carbocycles. The van der Waals surface area contributed by atoms with Gasteiger partial charge in [-0.05, 0) is 31.0 Å². The van der Waals surface area contributed by atoms with E-state index in [4.69, 9.17) is 9.84 Å². The topological polar surface area (TPSA) is 76.5 Å². The molecule has 0 spiro atoms. The van der Waals surface area contributed by atoms with Crippen LogP contribution >= 0.6 is 11.8 Å². The summed E-state index contributed by atoms with van der Waals surface area (Å²) in [6.07, 6.45) is 0.637. The maximum absolute atomic E-state index is 15.2. The summed E-state index contributed by atoms with van der Waals surface area (Å²) in [6.45, 7) is 8.63. The molecule has 2 heterocycles. The number of ether oxygens (including phenoxy) is 1. The van der Waals surface area contributed by atoms with E-state index >= 15 is 4.39 Å². The largest absolute Gasteiger partial charge is 0.385 e. The molecule has 1 atom stereocenters. The van der Waals surface area contributed by atoms with Crippen molar-refractivity contribution in [2.45, 2.75) is 44.8 Å². The minimum absolute atomic E-state index is 0.00444. The zero-order chi connectivity index (χ0) is 28.3. The van der Waals surface area contributed by atoms with E-state index in [0.29, 0.717) is 36.6 Å². The van der Waals surface area contributed by atoms with Crippen LogP contribution in [0.15, 0.2) is 42.5 Å². The number of nitrogens with one attached hydrogen (secondary N) is 1. The van der Waals surface area contributed by atoms with Gasteiger partial charge in [-0.2, -0.15) is 5.10 Å². The van der Waals surface area contributed by atoms with E-state index in [2.05, 4.69) is 5.32 Å². The number of hydrogen-bond donors (Lipinski definition) is 1. The van der Waals surface area contributed by atoms with Gasteiger partial charge in [0.05, 0.1) is 22.4 Å². The van der Waals surface area contributed by atoms with Crippen LogP contribution in [-0.4, -0.2) is 54.2 Å². The van der Waals surface area contributed by atoms with E-state index < -0.39 is 22.3 Å². The van der Waals surface area contributed by atoms with Crippen molar-refractivity contribution >= 4 is 29.4 Å². The number of nitrogens with zero attached hydrogens (tertiary/aromatic N) is 3. The molecule has 0 radical (unpaired) electrons. The van der Waals surface area contributed by atoms with Crippen LogP contribution in [0.25, 0.3) is 5.69 Å². The van der Waals surface area contributed by atoms with Crippen molar-refractivity contribution in [2.75, 3.05) is 37.5 Å². The lowest BCUT2D eigenvalue weighted by Crippen LogP contribution is -2.42. The summed E-state index contributed by atoms with van der Waals surface area (Å²) in [5.41, 5.74) is 2.74. The summed E-state index contributed by atoms with van der Waals surface area (Å²) >= 11 is 1.25. The van der Waals surface area contributed by atoms with Gasteiger partial charge in [-0.1, -0.05) is 45.0 Å². The molecule has 0 bridgehead atoms. The number of aryl methyl sites for hydroxylation is 1. The Kier molecular flexibility index (Phi) is 8.76. The lowest BCUT2D eigenvalue weighted by Gasteiger charge is -2.25. The first-order chi connectivity index (χ1) is 18.5. The average Bonchev–Trinajstić information content (AvgIpc) is 3.21. The van der Waals surface area contributed by atoms with Crippen LogP contribution in [0.4, 0.5) is 14.6 Å². The highest BCUT2D eigenvalue weighted by Crippen LogP contribution is 2.49. The highest BCUT2D eigenvalue weighted by Gasteiger charge is 2.40. The predicted octanol–water partition coefficient (Wildman–Crippen LogP) is 5.08. The van der Waals surface area contributed by atoms with Crippen molar-refractivity contribution in [1.82, 2.24) is 15.1 Å². The molecule has 3 aromatic rings. The van der Waals surface area contributed by atoms with Crippen LogP contribution in [0, 0.1) is 18.6 Å². The monoisotopic (exact) mass is 556 g/mol. The highest BCUT2D eigenvalue weighted by atomic mass is 32.2. The first-order valence-corrected chi connectivity index (χ1v) is 13.9. The standard InChI is InChI=1S/C29H34F2N4O3S/c1-18-9-6-7-10-22(18)35-28-25(27(33-35)29(2,3)4)26(20-12-11-19(30)15-21(20)31)39-17-24(37)34(28)16-23(36)32-13-8-14-38-5/h6-7,9-12,15,26H,8,13-14,16-17H2,1-5H3,(H,32,36)/t26-/m1/s1. The molecule has 4 rings (SSSR count). The molecule has 1 aliphatic heterocycles. The fourth-order valence-corrected chi connectivity index (χ4v) is 5.87. The van der Waals surface area contributed by atoms with Crippen molar-refractivity contribution in [2.24, 2.45) is 0 Å². The minimum Gasteiger partial charge on any atom is -0.385 e. The number of halogens is 2. The van der Waals surface area contributed by atoms with Gasteiger partial charge < -0.3 is 10.1 Å². The molecule has 1 aliphatic rings. The van der Waals surface area contributed by atoms with Crippen LogP contribution in [0.5, 0.6) is 0 Å². The SMILES string of the molecule is COCCCNC(=O)CN1C(=O)CS[C@H](c2ccc(F)cc2F)c2c(C(C)(C)C)nn(-c3ccccc3C)c21. The number of thioether (sulfide) groups is 1. The molecule has 1 N–H and O–H groups in total. The van der Waals surface area contributed by atoms with Gasteiger partial charge in [0.1, 0.15) is 24.0 Å². The van der Waals surface area contributed by atoms with Crippen LogP contribution in [0.3, 0.4) is 0 Å². The summed E-state index contributed by atoms with van der Waals surface area (Å²) < 4.78 is 35.9. The van der Waals surface area contributed by atoms with Crippen molar-refractivity contribution in [3.63, 3.8) is 0 Å². The third-order valence-electron chi connectivity index (χ3n) is 6.54. The van der Waals surface area contributed by atoms with Gasteiger partial charge in [-0.25, -0.2) is 13.5 Å². The van der Waals surface area contributed by atoms with Gasteiger partial charge >= 0.3 is 0 Å². The van der Waals surface area contributed by atoms with E-state index in [1.165, 1.54) is 28.8 Å². The highest BCUT2D eigenvalue weighted by molar-refractivity contribution is 8.00. The molecular weight excluding hydrogens is 522 g/mol. The molecule has 0 unspecified atom stereocenters. The lowest BCUT2D eigenvalue weighted by atomic mass is 9.87. The number of fused-ring (bicyclic) bond motifs is 1. The third kappa shape index (κ3) is 6.17. The van der Waals surface area contributed by atoms with E-state index in [0.717, 1.165) is 17.3 Å². The Morgan fingerprint density at radius 1 is 1.21 bits per heavy atom. The van der Waals surface area contributed by atoms with E-state index in [1.54, 1.807) is 11.8 Å². The number of anilines is 1. The fraction of sp³-hybridized carbons (Fsp3) is 0.414. The maximum Gasteiger partial charge on any atom is 0.240 e. The van der Waals surface area contributed by atoms with Gasteiger partial charge in [-0.15, -0.1) is 11.8 Å². The Bertz CT molecular complexity index is 1370. The molecule has 1 aromatic heterocycles. The molecule has 0 aliphatic carbocycles. The predicted molar refractivity (Wildman–Crippen MR) is 150 cm³/mol. The fourth-order valence-electron chi connectivity index (χ4n) is 4.65. The number of benzene rings is 2. The first-order valence-electron chi connectivity index (χ1n) is 12.8. The summed E-state index contributed by atoms with van der Waals surface area (Å²) in [4.78, 5) is 28.1. The quantitative estimate of drug-likeness (QED) is 0.392. The molecule has 0 saturated carbocycles. The number of para-hydroxylation sites is 1. The second-order valence-electron chi connectivity index (χ2n) is 10.6. The zero-order valence-electron chi connectivity index (χ0n) is 22.9. The third-order valence-corrected chi connectivity index (χ3v) is 7.77. The van der Waals surface area contributed by atoms with Crippen molar-refractivity contribution in [3.05, 3.63) is 76.5 Å². The van der Waals surface area contributed by atoms with Crippen molar-refractivity contribution < 1.29 is 23.1 Å². The van der Waals surface area contributed by atoms with E-state index in [9.17, 15) is 14.0 Å². The van der Waals surface area contributed by atoms with Crippen molar-refractivity contribution in [3.8, 4) is 5.69 Å².